The molecule has 0 N–H and O–H groups in total. The normalized spacial score (nSPS) is 15.8. The van der Waals surface area contributed by atoms with E-state index in [9.17, 15) is 0 Å². The van der Waals surface area contributed by atoms with Gasteiger partial charge in [0.2, 0.25) is 0 Å². The van der Waals surface area contributed by atoms with E-state index in [1.165, 1.54) is 31.2 Å². The molecule has 0 unspecified atom stereocenters. The van der Waals surface area contributed by atoms with E-state index in [2.05, 4.69) is 33.9 Å². The maximum atomic E-state index is 6.19. The molecule has 4 heteroatoms. The summed E-state index contributed by atoms with van der Waals surface area (Å²) in [4.78, 5) is 9.13. The van der Waals surface area contributed by atoms with E-state index in [0.29, 0.717) is 11.1 Å². The van der Waals surface area contributed by atoms with Crippen molar-refractivity contribution in [2.75, 3.05) is 0 Å². The molecule has 0 amide bonds. The van der Waals surface area contributed by atoms with Crippen LogP contribution >= 0.6 is 27.5 Å². The van der Waals surface area contributed by atoms with Crippen LogP contribution in [0.15, 0.2) is 28.7 Å². The zero-order chi connectivity index (χ0) is 14.1. The van der Waals surface area contributed by atoms with E-state index in [0.717, 1.165) is 21.6 Å². The largest absolute Gasteiger partial charge is 0.233 e. The number of hydrogen-bond donors (Lipinski definition) is 0. The van der Waals surface area contributed by atoms with E-state index < -0.39 is 0 Å². The van der Waals surface area contributed by atoms with Gasteiger partial charge in [0.05, 0.1) is 0 Å². The number of rotatable bonds is 2. The standard InChI is InChI=1S/C16H16BrClN2/c1-10-8-12(6-7-13(10)17)16-19-14(9-15(18)20-16)11-4-2-3-5-11/h6-9,11H,2-5H2,1H3. The number of aromatic nitrogens is 2. The third-order valence-corrected chi connectivity index (χ3v) is 4.99. The first kappa shape index (κ1) is 14.0. The lowest BCUT2D eigenvalue weighted by Crippen LogP contribution is -2.00. The molecule has 0 atom stereocenters. The average molecular weight is 352 g/mol. The Balaban J connectivity index is 2.02. The second-order valence-electron chi connectivity index (χ2n) is 5.38. The summed E-state index contributed by atoms with van der Waals surface area (Å²) in [6.45, 7) is 2.07. The van der Waals surface area contributed by atoms with Crippen LogP contribution < -0.4 is 0 Å². The van der Waals surface area contributed by atoms with Gasteiger partial charge in [-0.25, -0.2) is 9.97 Å². The summed E-state index contributed by atoms with van der Waals surface area (Å²) in [6.07, 6.45) is 5.01. The Labute approximate surface area is 132 Å². The highest BCUT2D eigenvalue weighted by molar-refractivity contribution is 9.10. The Bertz CT molecular complexity index is 636. The number of nitrogens with zero attached hydrogens (tertiary/aromatic N) is 2. The fourth-order valence-electron chi connectivity index (χ4n) is 2.78. The van der Waals surface area contributed by atoms with E-state index in [1.54, 1.807) is 0 Å². The van der Waals surface area contributed by atoms with E-state index in [-0.39, 0.29) is 0 Å². The molecular weight excluding hydrogens is 336 g/mol. The zero-order valence-electron chi connectivity index (χ0n) is 11.4. The van der Waals surface area contributed by atoms with Crippen LogP contribution in [0, 0.1) is 6.92 Å². The molecule has 20 heavy (non-hydrogen) atoms. The van der Waals surface area contributed by atoms with Crippen LogP contribution in [-0.4, -0.2) is 9.97 Å². The number of hydrogen-bond acceptors (Lipinski definition) is 2. The van der Waals surface area contributed by atoms with Crippen molar-refractivity contribution in [3.8, 4) is 11.4 Å². The molecule has 1 heterocycles. The van der Waals surface area contributed by atoms with Gasteiger partial charge < -0.3 is 0 Å². The molecular formula is C16H16BrClN2. The molecule has 1 aliphatic rings. The Kier molecular flexibility index (Phi) is 4.08. The molecule has 0 saturated heterocycles. The Morgan fingerprint density at radius 2 is 1.90 bits per heavy atom. The van der Waals surface area contributed by atoms with E-state index in [4.69, 9.17) is 16.6 Å². The van der Waals surface area contributed by atoms with Crippen LogP contribution in [0.4, 0.5) is 0 Å². The summed E-state index contributed by atoms with van der Waals surface area (Å²) < 4.78 is 1.10. The van der Waals surface area contributed by atoms with Crippen LogP contribution in [0.1, 0.15) is 42.9 Å². The lowest BCUT2D eigenvalue weighted by Gasteiger charge is -2.11. The summed E-state index contributed by atoms with van der Waals surface area (Å²) in [6, 6.07) is 8.08. The Morgan fingerprint density at radius 1 is 1.15 bits per heavy atom. The number of benzene rings is 1. The molecule has 1 saturated carbocycles. The maximum absolute atomic E-state index is 6.19. The molecule has 2 nitrogen and oxygen atoms in total. The third kappa shape index (κ3) is 2.89. The van der Waals surface area contributed by atoms with Crippen molar-refractivity contribution in [3.05, 3.63) is 45.1 Å². The van der Waals surface area contributed by atoms with Crippen LogP contribution in [0.3, 0.4) is 0 Å². The molecule has 2 aromatic rings. The van der Waals surface area contributed by atoms with Gasteiger partial charge >= 0.3 is 0 Å². The highest BCUT2D eigenvalue weighted by atomic mass is 79.9. The minimum atomic E-state index is 0.539. The van der Waals surface area contributed by atoms with Crippen LogP contribution in [-0.2, 0) is 0 Å². The summed E-state index contributed by atoms with van der Waals surface area (Å²) in [5, 5.41) is 0.539. The highest BCUT2D eigenvalue weighted by Gasteiger charge is 2.20. The van der Waals surface area contributed by atoms with Crippen LogP contribution in [0.5, 0.6) is 0 Å². The van der Waals surface area contributed by atoms with Crippen LogP contribution in [0.25, 0.3) is 11.4 Å². The molecule has 1 fully saturated rings. The molecule has 0 radical (unpaired) electrons. The smallest absolute Gasteiger partial charge is 0.161 e. The zero-order valence-corrected chi connectivity index (χ0v) is 13.7. The predicted octanol–water partition coefficient (Wildman–Crippen LogP) is 5.53. The van der Waals surface area contributed by atoms with Crippen molar-refractivity contribution in [3.63, 3.8) is 0 Å². The second kappa shape index (κ2) is 5.82. The molecule has 3 rings (SSSR count). The molecule has 0 aliphatic heterocycles. The van der Waals surface area contributed by atoms with Gasteiger partial charge in [-0.05, 0) is 43.5 Å². The lowest BCUT2D eigenvalue weighted by atomic mass is 10.0. The minimum Gasteiger partial charge on any atom is -0.233 e. The van der Waals surface area contributed by atoms with Gasteiger partial charge in [0, 0.05) is 21.6 Å². The number of halogens is 2. The van der Waals surface area contributed by atoms with E-state index in [1.807, 2.05) is 18.2 Å². The molecule has 104 valence electrons. The first-order valence-corrected chi connectivity index (χ1v) is 8.11. The van der Waals surface area contributed by atoms with Crippen molar-refractivity contribution in [2.45, 2.75) is 38.5 Å². The van der Waals surface area contributed by atoms with Crippen molar-refractivity contribution in [2.24, 2.45) is 0 Å². The van der Waals surface area contributed by atoms with Crippen LogP contribution in [0.2, 0.25) is 5.15 Å². The quantitative estimate of drug-likeness (QED) is 0.665. The van der Waals surface area contributed by atoms with Gasteiger partial charge in [0.15, 0.2) is 5.82 Å². The van der Waals surface area contributed by atoms with Crippen molar-refractivity contribution >= 4 is 27.5 Å². The first-order chi connectivity index (χ1) is 9.63. The highest BCUT2D eigenvalue weighted by Crippen LogP contribution is 2.34. The van der Waals surface area contributed by atoms with Crippen molar-refractivity contribution in [1.82, 2.24) is 9.97 Å². The summed E-state index contributed by atoms with van der Waals surface area (Å²) in [5.41, 5.74) is 3.29. The fourth-order valence-corrected chi connectivity index (χ4v) is 3.22. The third-order valence-electron chi connectivity index (χ3n) is 3.90. The van der Waals surface area contributed by atoms with Gasteiger partial charge in [-0.15, -0.1) is 0 Å². The lowest BCUT2D eigenvalue weighted by molar-refractivity contribution is 0.695. The first-order valence-electron chi connectivity index (χ1n) is 6.94. The summed E-state index contributed by atoms with van der Waals surface area (Å²) in [5.74, 6) is 1.28. The molecule has 0 spiro atoms. The summed E-state index contributed by atoms with van der Waals surface area (Å²) >= 11 is 9.71. The molecule has 0 bridgehead atoms. The minimum absolute atomic E-state index is 0.539. The molecule has 1 aliphatic carbocycles. The SMILES string of the molecule is Cc1cc(-c2nc(Cl)cc(C3CCCC3)n2)ccc1Br. The second-order valence-corrected chi connectivity index (χ2v) is 6.63. The number of aryl methyl sites for hydroxylation is 1. The molecule has 1 aromatic carbocycles. The Hall–Kier alpha value is -0.930. The van der Waals surface area contributed by atoms with Gasteiger partial charge in [0.1, 0.15) is 5.15 Å². The Morgan fingerprint density at radius 3 is 2.60 bits per heavy atom. The van der Waals surface area contributed by atoms with Gasteiger partial charge in [0.25, 0.3) is 0 Å². The van der Waals surface area contributed by atoms with Gasteiger partial charge in [-0.2, -0.15) is 0 Å². The summed E-state index contributed by atoms with van der Waals surface area (Å²) in [7, 11) is 0. The maximum Gasteiger partial charge on any atom is 0.161 e. The van der Waals surface area contributed by atoms with Gasteiger partial charge in [-0.1, -0.05) is 46.4 Å². The van der Waals surface area contributed by atoms with E-state index >= 15 is 0 Å². The topological polar surface area (TPSA) is 25.8 Å². The molecule has 1 aromatic heterocycles. The fraction of sp³-hybridized carbons (Fsp3) is 0.375. The van der Waals surface area contributed by atoms with Crippen molar-refractivity contribution < 1.29 is 0 Å². The van der Waals surface area contributed by atoms with Gasteiger partial charge in [-0.3, -0.25) is 0 Å². The predicted molar refractivity (Wildman–Crippen MR) is 86.1 cm³/mol. The monoisotopic (exact) mass is 350 g/mol. The van der Waals surface area contributed by atoms with Crippen molar-refractivity contribution in [1.29, 1.82) is 0 Å². The average Bonchev–Trinajstić information content (AvgIpc) is 2.95.